The van der Waals surface area contributed by atoms with E-state index in [1.807, 2.05) is 13.8 Å². The van der Waals surface area contributed by atoms with Crippen LogP contribution in [0, 0.1) is 0 Å². The fraction of sp³-hybridized carbons (Fsp3) is 1.00. The van der Waals surface area contributed by atoms with Crippen molar-refractivity contribution in [2.45, 2.75) is 50.9 Å². The van der Waals surface area contributed by atoms with E-state index < -0.39 is 5.67 Å². The van der Waals surface area contributed by atoms with E-state index in [2.05, 4.69) is 5.32 Å². The Hall–Kier alpha value is -0.150. The molecule has 72 valence electrons. The Kier molecular flexibility index (Phi) is 3.07. The predicted octanol–water partition coefficient (Wildman–Crippen LogP) is 1.20. The van der Waals surface area contributed by atoms with Gasteiger partial charge in [0, 0.05) is 12.1 Å². The standard InChI is InChI=1S/C9H19FN2/c1-3-12-7(2)9(10)5-4-8(11)6-9/h7-8,12H,3-6,11H2,1-2H3. The zero-order chi connectivity index (χ0) is 9.19. The summed E-state index contributed by atoms with van der Waals surface area (Å²) in [4.78, 5) is 0. The minimum atomic E-state index is -1.06. The zero-order valence-corrected chi connectivity index (χ0v) is 7.94. The summed E-state index contributed by atoms with van der Waals surface area (Å²) in [6.45, 7) is 4.72. The lowest BCUT2D eigenvalue weighted by atomic mass is 9.95. The van der Waals surface area contributed by atoms with E-state index in [4.69, 9.17) is 5.73 Å². The summed E-state index contributed by atoms with van der Waals surface area (Å²) in [6, 6.07) is 0.00663. The molecule has 3 atom stereocenters. The molecule has 0 bridgehead atoms. The van der Waals surface area contributed by atoms with E-state index >= 15 is 0 Å². The van der Waals surface area contributed by atoms with Gasteiger partial charge in [0.1, 0.15) is 5.67 Å². The Labute approximate surface area is 73.7 Å². The molecular formula is C9H19FN2. The molecule has 0 aliphatic heterocycles. The maximum Gasteiger partial charge on any atom is 0.127 e. The fourth-order valence-electron chi connectivity index (χ4n) is 1.95. The van der Waals surface area contributed by atoms with Crippen molar-refractivity contribution in [1.29, 1.82) is 0 Å². The van der Waals surface area contributed by atoms with Crippen LogP contribution in [0.3, 0.4) is 0 Å². The van der Waals surface area contributed by atoms with Gasteiger partial charge >= 0.3 is 0 Å². The summed E-state index contributed by atoms with van der Waals surface area (Å²) in [5.74, 6) is 0. The van der Waals surface area contributed by atoms with Crippen molar-refractivity contribution in [3.05, 3.63) is 0 Å². The third-order valence-electron chi connectivity index (χ3n) is 2.82. The first kappa shape index (κ1) is 9.93. The third kappa shape index (κ3) is 1.96. The molecule has 0 saturated heterocycles. The Bertz CT molecular complexity index is 151. The minimum absolute atomic E-state index is 0.0592. The van der Waals surface area contributed by atoms with Gasteiger partial charge in [-0.3, -0.25) is 0 Å². The average Bonchev–Trinajstić information content (AvgIpc) is 2.33. The first-order chi connectivity index (χ1) is 5.58. The largest absolute Gasteiger partial charge is 0.328 e. The van der Waals surface area contributed by atoms with Crippen molar-refractivity contribution < 1.29 is 4.39 Å². The van der Waals surface area contributed by atoms with Gasteiger partial charge in [0.2, 0.25) is 0 Å². The lowest BCUT2D eigenvalue weighted by molar-refractivity contribution is 0.120. The molecule has 0 amide bonds. The van der Waals surface area contributed by atoms with Crippen LogP contribution < -0.4 is 11.1 Å². The van der Waals surface area contributed by atoms with Gasteiger partial charge in [0.05, 0.1) is 0 Å². The molecule has 0 aromatic carbocycles. The molecule has 0 heterocycles. The number of nitrogens with one attached hydrogen (secondary N) is 1. The van der Waals surface area contributed by atoms with E-state index in [9.17, 15) is 4.39 Å². The molecule has 0 spiro atoms. The second kappa shape index (κ2) is 3.71. The van der Waals surface area contributed by atoms with Gasteiger partial charge in [-0.1, -0.05) is 6.92 Å². The van der Waals surface area contributed by atoms with Crippen LogP contribution in [0.4, 0.5) is 4.39 Å². The van der Waals surface area contributed by atoms with Gasteiger partial charge in [0.25, 0.3) is 0 Å². The maximum absolute atomic E-state index is 14.0. The van der Waals surface area contributed by atoms with Crippen molar-refractivity contribution in [1.82, 2.24) is 5.32 Å². The highest BCUT2D eigenvalue weighted by molar-refractivity contribution is 4.98. The van der Waals surface area contributed by atoms with Gasteiger partial charge in [-0.05, 0) is 32.7 Å². The molecule has 1 aliphatic carbocycles. The van der Waals surface area contributed by atoms with Crippen LogP contribution in [-0.4, -0.2) is 24.3 Å². The molecule has 2 nitrogen and oxygen atoms in total. The molecule has 1 aliphatic rings. The minimum Gasteiger partial charge on any atom is -0.328 e. The first-order valence-electron chi connectivity index (χ1n) is 4.76. The quantitative estimate of drug-likeness (QED) is 0.675. The normalized spacial score (nSPS) is 38.5. The molecule has 3 heteroatoms. The van der Waals surface area contributed by atoms with Crippen molar-refractivity contribution >= 4 is 0 Å². The fourth-order valence-corrected chi connectivity index (χ4v) is 1.95. The highest BCUT2D eigenvalue weighted by atomic mass is 19.1. The second-order valence-electron chi connectivity index (χ2n) is 3.82. The molecule has 1 fully saturated rings. The zero-order valence-electron chi connectivity index (χ0n) is 7.94. The van der Waals surface area contributed by atoms with Crippen molar-refractivity contribution in [3.8, 4) is 0 Å². The molecule has 12 heavy (non-hydrogen) atoms. The van der Waals surface area contributed by atoms with Gasteiger partial charge in [-0.15, -0.1) is 0 Å². The van der Waals surface area contributed by atoms with Crippen LogP contribution in [0.15, 0.2) is 0 Å². The van der Waals surface area contributed by atoms with E-state index in [1.165, 1.54) is 0 Å². The molecule has 0 aromatic heterocycles. The van der Waals surface area contributed by atoms with Gasteiger partial charge in [-0.25, -0.2) is 4.39 Å². The number of rotatable bonds is 3. The summed E-state index contributed by atoms with van der Waals surface area (Å²) in [7, 11) is 0. The van der Waals surface area contributed by atoms with E-state index in [1.54, 1.807) is 0 Å². The van der Waals surface area contributed by atoms with Crippen molar-refractivity contribution in [3.63, 3.8) is 0 Å². The highest BCUT2D eigenvalue weighted by Crippen LogP contribution is 2.35. The molecule has 1 rings (SSSR count). The molecule has 3 N–H and O–H groups in total. The third-order valence-corrected chi connectivity index (χ3v) is 2.82. The Balaban J connectivity index is 2.48. The molecule has 1 saturated carbocycles. The van der Waals surface area contributed by atoms with Crippen LogP contribution in [-0.2, 0) is 0 Å². The first-order valence-corrected chi connectivity index (χ1v) is 4.76. The smallest absolute Gasteiger partial charge is 0.127 e. The number of hydrogen-bond donors (Lipinski definition) is 2. The van der Waals surface area contributed by atoms with Gasteiger partial charge in [0.15, 0.2) is 0 Å². The van der Waals surface area contributed by atoms with Gasteiger partial charge < -0.3 is 11.1 Å². The van der Waals surface area contributed by atoms with Crippen LogP contribution in [0.1, 0.15) is 33.1 Å². The van der Waals surface area contributed by atoms with Crippen molar-refractivity contribution in [2.24, 2.45) is 5.73 Å². The van der Waals surface area contributed by atoms with E-state index in [0.717, 1.165) is 13.0 Å². The lowest BCUT2D eigenvalue weighted by Gasteiger charge is -2.27. The summed E-state index contributed by atoms with van der Waals surface area (Å²) < 4.78 is 14.0. The SMILES string of the molecule is CCNC(C)C1(F)CCC(N)C1. The van der Waals surface area contributed by atoms with Gasteiger partial charge in [-0.2, -0.15) is 0 Å². The molecule has 3 unspecified atom stereocenters. The summed E-state index contributed by atoms with van der Waals surface area (Å²) in [6.07, 6.45) is 1.95. The highest BCUT2D eigenvalue weighted by Gasteiger charge is 2.42. The topological polar surface area (TPSA) is 38.0 Å². The number of halogens is 1. The van der Waals surface area contributed by atoms with E-state index in [-0.39, 0.29) is 12.1 Å². The maximum atomic E-state index is 14.0. The van der Waals surface area contributed by atoms with Crippen LogP contribution >= 0.6 is 0 Å². The monoisotopic (exact) mass is 174 g/mol. The van der Waals surface area contributed by atoms with E-state index in [0.29, 0.717) is 12.8 Å². The number of alkyl halides is 1. The lowest BCUT2D eigenvalue weighted by Crippen LogP contribution is -2.44. The summed E-state index contributed by atoms with van der Waals surface area (Å²) >= 11 is 0. The average molecular weight is 174 g/mol. The van der Waals surface area contributed by atoms with Crippen molar-refractivity contribution in [2.75, 3.05) is 6.54 Å². The van der Waals surface area contributed by atoms with Crippen LogP contribution in [0.2, 0.25) is 0 Å². The predicted molar refractivity (Wildman–Crippen MR) is 48.8 cm³/mol. The summed E-state index contributed by atoms with van der Waals surface area (Å²) in [5.41, 5.74) is 4.62. The molecular weight excluding hydrogens is 155 g/mol. The second-order valence-corrected chi connectivity index (χ2v) is 3.82. The van der Waals surface area contributed by atoms with Crippen LogP contribution in [0.25, 0.3) is 0 Å². The number of hydrogen-bond acceptors (Lipinski definition) is 2. The molecule has 0 radical (unpaired) electrons. The Morgan fingerprint density at radius 2 is 2.42 bits per heavy atom. The van der Waals surface area contributed by atoms with Crippen LogP contribution in [0.5, 0.6) is 0 Å². The Morgan fingerprint density at radius 1 is 1.75 bits per heavy atom. The number of nitrogens with two attached hydrogens (primary N) is 1. The Morgan fingerprint density at radius 3 is 2.83 bits per heavy atom. The summed E-state index contributed by atoms with van der Waals surface area (Å²) in [5, 5.41) is 3.12. The molecule has 0 aromatic rings.